The standard InChI is InChI=1S/C9H12N2O2/c1-11(2)10-6-7-4-3-5-8(12)9(7)13/h3-6,12-13H,1-2H3/b10-6+. The Kier molecular flexibility index (Phi) is 2.74. The zero-order valence-electron chi connectivity index (χ0n) is 7.60. The molecule has 0 amide bonds. The van der Waals surface area contributed by atoms with Crippen molar-refractivity contribution < 1.29 is 10.2 Å². The molecule has 70 valence electrons. The predicted octanol–water partition coefficient (Wildman–Crippen LogP) is 0.993. The Hall–Kier alpha value is -1.71. The van der Waals surface area contributed by atoms with E-state index in [0.717, 1.165) is 0 Å². The SMILES string of the molecule is CN(C)/N=C/c1cccc(O)c1O. The van der Waals surface area contributed by atoms with Crippen LogP contribution in [0.4, 0.5) is 0 Å². The molecule has 0 heterocycles. The van der Waals surface area contributed by atoms with Crippen LogP contribution in [0.5, 0.6) is 11.5 Å². The molecule has 0 unspecified atom stereocenters. The lowest BCUT2D eigenvalue weighted by molar-refractivity contribution is 0.402. The third-order valence-electron chi connectivity index (χ3n) is 1.47. The summed E-state index contributed by atoms with van der Waals surface area (Å²) in [6, 6.07) is 4.73. The molecular weight excluding hydrogens is 168 g/mol. The minimum absolute atomic E-state index is 0.136. The zero-order valence-corrected chi connectivity index (χ0v) is 7.60. The van der Waals surface area contributed by atoms with Crippen LogP contribution >= 0.6 is 0 Å². The van der Waals surface area contributed by atoms with Crippen LogP contribution in [0.15, 0.2) is 23.3 Å². The maximum atomic E-state index is 9.35. The van der Waals surface area contributed by atoms with Gasteiger partial charge in [0.15, 0.2) is 11.5 Å². The van der Waals surface area contributed by atoms with Gasteiger partial charge in [0.2, 0.25) is 0 Å². The van der Waals surface area contributed by atoms with Gasteiger partial charge in [-0.05, 0) is 12.1 Å². The van der Waals surface area contributed by atoms with Crippen LogP contribution in [0, 0.1) is 0 Å². The molecule has 0 aliphatic carbocycles. The second kappa shape index (κ2) is 3.80. The van der Waals surface area contributed by atoms with Gasteiger partial charge in [-0.25, -0.2) is 0 Å². The zero-order chi connectivity index (χ0) is 9.84. The smallest absolute Gasteiger partial charge is 0.166 e. The molecule has 0 fully saturated rings. The number of hydrazone groups is 1. The van der Waals surface area contributed by atoms with Crippen molar-refractivity contribution in [3.63, 3.8) is 0 Å². The maximum Gasteiger partial charge on any atom is 0.166 e. The number of phenols is 2. The molecule has 0 atom stereocenters. The number of hydrogen-bond acceptors (Lipinski definition) is 4. The van der Waals surface area contributed by atoms with Crippen molar-refractivity contribution in [2.24, 2.45) is 5.10 Å². The van der Waals surface area contributed by atoms with Crippen LogP contribution in [0.3, 0.4) is 0 Å². The Morgan fingerprint density at radius 3 is 2.62 bits per heavy atom. The molecule has 4 nitrogen and oxygen atoms in total. The molecule has 0 radical (unpaired) electrons. The fraction of sp³-hybridized carbons (Fsp3) is 0.222. The first-order chi connectivity index (χ1) is 6.11. The van der Waals surface area contributed by atoms with E-state index in [2.05, 4.69) is 5.10 Å². The van der Waals surface area contributed by atoms with Crippen molar-refractivity contribution >= 4 is 6.21 Å². The van der Waals surface area contributed by atoms with E-state index in [1.165, 1.54) is 12.3 Å². The van der Waals surface area contributed by atoms with E-state index in [1.54, 1.807) is 31.2 Å². The van der Waals surface area contributed by atoms with Crippen LogP contribution in [0.25, 0.3) is 0 Å². The highest BCUT2D eigenvalue weighted by Gasteiger charge is 2.02. The summed E-state index contributed by atoms with van der Waals surface area (Å²) in [6.45, 7) is 0. The van der Waals surface area contributed by atoms with Crippen molar-refractivity contribution in [3.8, 4) is 11.5 Å². The average molecular weight is 180 g/mol. The fourth-order valence-corrected chi connectivity index (χ4v) is 0.831. The van der Waals surface area contributed by atoms with Crippen molar-refractivity contribution in [2.45, 2.75) is 0 Å². The minimum atomic E-state index is -0.145. The average Bonchev–Trinajstić information content (AvgIpc) is 2.07. The lowest BCUT2D eigenvalue weighted by Crippen LogP contribution is -2.01. The molecule has 0 saturated heterocycles. The quantitative estimate of drug-likeness (QED) is 0.405. The number of para-hydroxylation sites is 1. The lowest BCUT2D eigenvalue weighted by Gasteiger charge is -2.04. The second-order valence-corrected chi connectivity index (χ2v) is 2.81. The van der Waals surface area contributed by atoms with Gasteiger partial charge in [-0.2, -0.15) is 5.10 Å². The summed E-state index contributed by atoms with van der Waals surface area (Å²) in [4.78, 5) is 0. The first-order valence-corrected chi connectivity index (χ1v) is 3.83. The predicted molar refractivity (Wildman–Crippen MR) is 51.1 cm³/mol. The van der Waals surface area contributed by atoms with Gasteiger partial charge in [0.05, 0.1) is 6.21 Å². The summed E-state index contributed by atoms with van der Waals surface area (Å²) >= 11 is 0. The van der Waals surface area contributed by atoms with E-state index in [-0.39, 0.29) is 11.5 Å². The highest BCUT2D eigenvalue weighted by atomic mass is 16.3. The van der Waals surface area contributed by atoms with Gasteiger partial charge in [-0.1, -0.05) is 6.07 Å². The normalized spacial score (nSPS) is 10.6. The summed E-state index contributed by atoms with van der Waals surface area (Å²) in [5, 5.41) is 24.0. The van der Waals surface area contributed by atoms with Crippen LogP contribution in [0.2, 0.25) is 0 Å². The molecule has 0 aliphatic heterocycles. The van der Waals surface area contributed by atoms with Crippen LogP contribution in [0.1, 0.15) is 5.56 Å². The Morgan fingerprint density at radius 1 is 1.31 bits per heavy atom. The van der Waals surface area contributed by atoms with Crippen LogP contribution in [-0.2, 0) is 0 Å². The van der Waals surface area contributed by atoms with Gasteiger partial charge < -0.3 is 15.2 Å². The number of phenolic OH excluding ortho intramolecular Hbond substituents is 2. The van der Waals surface area contributed by atoms with Crippen molar-refractivity contribution in [3.05, 3.63) is 23.8 Å². The maximum absolute atomic E-state index is 9.35. The van der Waals surface area contributed by atoms with Crippen LogP contribution < -0.4 is 0 Å². The highest BCUT2D eigenvalue weighted by Crippen LogP contribution is 2.26. The second-order valence-electron chi connectivity index (χ2n) is 2.81. The molecule has 13 heavy (non-hydrogen) atoms. The number of nitrogens with zero attached hydrogens (tertiary/aromatic N) is 2. The molecule has 0 bridgehead atoms. The van der Waals surface area contributed by atoms with E-state index in [0.29, 0.717) is 5.56 Å². The van der Waals surface area contributed by atoms with E-state index < -0.39 is 0 Å². The van der Waals surface area contributed by atoms with E-state index in [4.69, 9.17) is 5.11 Å². The largest absolute Gasteiger partial charge is 0.504 e. The van der Waals surface area contributed by atoms with Gasteiger partial charge in [-0.3, -0.25) is 0 Å². The number of rotatable bonds is 2. The van der Waals surface area contributed by atoms with Crippen molar-refractivity contribution in [2.75, 3.05) is 14.1 Å². The fourth-order valence-electron chi connectivity index (χ4n) is 0.831. The highest BCUT2D eigenvalue weighted by molar-refractivity contribution is 5.84. The third-order valence-corrected chi connectivity index (χ3v) is 1.47. The van der Waals surface area contributed by atoms with E-state index in [1.807, 2.05) is 0 Å². The summed E-state index contributed by atoms with van der Waals surface area (Å²) in [5.41, 5.74) is 0.494. The first kappa shape index (κ1) is 9.38. The van der Waals surface area contributed by atoms with Gasteiger partial charge in [0.1, 0.15) is 0 Å². The Bertz CT molecular complexity index is 321. The molecular formula is C9H12N2O2. The van der Waals surface area contributed by atoms with E-state index in [9.17, 15) is 5.11 Å². The molecule has 0 saturated carbocycles. The van der Waals surface area contributed by atoms with Gasteiger partial charge in [0.25, 0.3) is 0 Å². The molecule has 1 aromatic rings. The number of benzene rings is 1. The lowest BCUT2D eigenvalue weighted by atomic mass is 10.2. The monoisotopic (exact) mass is 180 g/mol. The molecule has 4 heteroatoms. The third kappa shape index (κ3) is 2.37. The topological polar surface area (TPSA) is 56.1 Å². The minimum Gasteiger partial charge on any atom is -0.504 e. The molecule has 2 N–H and O–H groups in total. The van der Waals surface area contributed by atoms with Gasteiger partial charge in [-0.15, -0.1) is 0 Å². The summed E-state index contributed by atoms with van der Waals surface area (Å²) in [5.74, 6) is -0.282. The Labute approximate surface area is 76.7 Å². The first-order valence-electron chi connectivity index (χ1n) is 3.83. The Balaban J connectivity index is 2.95. The van der Waals surface area contributed by atoms with Crippen LogP contribution in [-0.4, -0.2) is 35.5 Å². The molecule has 0 aliphatic rings. The molecule has 1 aromatic carbocycles. The number of aromatic hydroxyl groups is 2. The molecule has 0 spiro atoms. The summed E-state index contributed by atoms with van der Waals surface area (Å²) < 4.78 is 0. The molecule has 1 rings (SSSR count). The summed E-state index contributed by atoms with van der Waals surface area (Å²) in [7, 11) is 3.55. The van der Waals surface area contributed by atoms with Gasteiger partial charge >= 0.3 is 0 Å². The molecule has 0 aromatic heterocycles. The summed E-state index contributed by atoms with van der Waals surface area (Å²) in [6.07, 6.45) is 1.48. The van der Waals surface area contributed by atoms with Gasteiger partial charge in [0, 0.05) is 19.7 Å². The Morgan fingerprint density at radius 2 is 2.00 bits per heavy atom. The van der Waals surface area contributed by atoms with E-state index >= 15 is 0 Å². The van der Waals surface area contributed by atoms with Crippen molar-refractivity contribution in [1.82, 2.24) is 5.01 Å². The number of hydrogen-bond donors (Lipinski definition) is 2. The van der Waals surface area contributed by atoms with Crippen molar-refractivity contribution in [1.29, 1.82) is 0 Å².